The van der Waals surface area contributed by atoms with E-state index in [2.05, 4.69) is 15.4 Å². The maximum absolute atomic E-state index is 13.0. The van der Waals surface area contributed by atoms with E-state index in [4.69, 9.17) is 0 Å². The van der Waals surface area contributed by atoms with Crippen molar-refractivity contribution in [3.8, 4) is 0 Å². The van der Waals surface area contributed by atoms with Crippen LogP contribution in [-0.2, 0) is 32.5 Å². The van der Waals surface area contributed by atoms with E-state index in [0.717, 1.165) is 17.5 Å². The zero-order valence-electron chi connectivity index (χ0n) is 18.1. The quantitative estimate of drug-likeness (QED) is 0.609. The number of nitrogens with one attached hydrogen (secondary N) is 3. The Morgan fingerprint density at radius 1 is 1.10 bits per heavy atom. The van der Waals surface area contributed by atoms with Gasteiger partial charge in [-0.1, -0.05) is 32.9 Å². The molecule has 1 unspecified atom stereocenters. The molecule has 0 aliphatic carbocycles. The predicted octanol–water partition coefficient (Wildman–Crippen LogP) is 3.47. The maximum Gasteiger partial charge on any atom is 0.242 e. The molecule has 0 fully saturated rings. The molecule has 7 nitrogen and oxygen atoms in total. The highest BCUT2D eigenvalue weighted by molar-refractivity contribution is 7.89. The first-order chi connectivity index (χ1) is 14.7. The molecule has 2 amide bonds. The van der Waals surface area contributed by atoms with Gasteiger partial charge in [0.05, 0.1) is 4.90 Å². The number of hydrogen-bond acceptors (Lipinski definition) is 4. The van der Waals surface area contributed by atoms with Crippen LogP contribution in [0.25, 0.3) is 0 Å². The number of amides is 2. The van der Waals surface area contributed by atoms with E-state index in [1.165, 1.54) is 6.07 Å². The lowest BCUT2D eigenvalue weighted by Gasteiger charge is -2.22. The van der Waals surface area contributed by atoms with Crippen molar-refractivity contribution in [2.75, 3.05) is 10.6 Å². The minimum absolute atomic E-state index is 0.0732. The van der Waals surface area contributed by atoms with Crippen molar-refractivity contribution < 1.29 is 18.0 Å². The van der Waals surface area contributed by atoms with Crippen LogP contribution in [0.4, 0.5) is 11.4 Å². The molecule has 1 aliphatic heterocycles. The van der Waals surface area contributed by atoms with Crippen LogP contribution in [0.15, 0.2) is 47.4 Å². The van der Waals surface area contributed by atoms with Crippen LogP contribution in [-0.4, -0.2) is 26.3 Å². The number of hydrogen-bond donors (Lipinski definition) is 3. The summed E-state index contributed by atoms with van der Waals surface area (Å²) in [6, 6.07) is 11.2. The molecule has 1 heterocycles. The number of sulfonamides is 1. The molecular weight excluding hydrogens is 414 g/mol. The Morgan fingerprint density at radius 3 is 2.45 bits per heavy atom. The number of benzene rings is 2. The Kier molecular flexibility index (Phi) is 7.12. The van der Waals surface area contributed by atoms with E-state index in [1.54, 1.807) is 26.0 Å². The van der Waals surface area contributed by atoms with Gasteiger partial charge in [-0.15, -0.1) is 0 Å². The molecule has 1 atom stereocenters. The van der Waals surface area contributed by atoms with E-state index in [-0.39, 0.29) is 16.7 Å². The van der Waals surface area contributed by atoms with Crippen molar-refractivity contribution in [3.63, 3.8) is 0 Å². The van der Waals surface area contributed by atoms with Crippen LogP contribution in [0.3, 0.4) is 0 Å². The van der Waals surface area contributed by atoms with Gasteiger partial charge in [-0.3, -0.25) is 9.59 Å². The maximum atomic E-state index is 13.0. The number of anilines is 2. The predicted molar refractivity (Wildman–Crippen MR) is 121 cm³/mol. The van der Waals surface area contributed by atoms with Crippen molar-refractivity contribution in [1.29, 1.82) is 0 Å². The van der Waals surface area contributed by atoms with Gasteiger partial charge in [0, 0.05) is 17.8 Å². The van der Waals surface area contributed by atoms with Crippen molar-refractivity contribution in [2.24, 2.45) is 5.92 Å². The van der Waals surface area contributed by atoms with Gasteiger partial charge >= 0.3 is 0 Å². The summed E-state index contributed by atoms with van der Waals surface area (Å²) in [7, 11) is -3.93. The minimum Gasteiger partial charge on any atom is -0.326 e. The Balaban J connectivity index is 1.78. The molecule has 0 aromatic heterocycles. The van der Waals surface area contributed by atoms with E-state index < -0.39 is 22.0 Å². The fourth-order valence-corrected chi connectivity index (χ4v) is 4.88. The lowest BCUT2D eigenvalue weighted by atomic mass is 10.0. The average Bonchev–Trinajstić information content (AvgIpc) is 2.92. The molecule has 8 heteroatoms. The molecule has 2 aromatic carbocycles. The average molecular weight is 444 g/mol. The first kappa shape index (κ1) is 23.0. The minimum atomic E-state index is -3.93. The van der Waals surface area contributed by atoms with Gasteiger partial charge < -0.3 is 10.6 Å². The van der Waals surface area contributed by atoms with Crippen LogP contribution >= 0.6 is 0 Å². The molecule has 3 N–H and O–H groups in total. The second kappa shape index (κ2) is 9.62. The molecular formula is C23H29N3O4S. The highest BCUT2D eigenvalue weighted by Crippen LogP contribution is 2.25. The zero-order chi connectivity index (χ0) is 22.6. The second-order valence-corrected chi connectivity index (χ2v) is 9.82. The van der Waals surface area contributed by atoms with Crippen LogP contribution in [0.5, 0.6) is 0 Å². The van der Waals surface area contributed by atoms with Crippen molar-refractivity contribution in [3.05, 3.63) is 53.6 Å². The highest BCUT2D eigenvalue weighted by atomic mass is 32.2. The van der Waals surface area contributed by atoms with Gasteiger partial charge in [-0.25, -0.2) is 8.42 Å². The lowest BCUT2D eigenvalue weighted by Crippen LogP contribution is -2.47. The summed E-state index contributed by atoms with van der Waals surface area (Å²) in [5.74, 6) is -0.745. The summed E-state index contributed by atoms with van der Waals surface area (Å²) in [5.41, 5.74) is 3.18. The first-order valence-electron chi connectivity index (χ1n) is 10.5. The Labute approximate surface area is 183 Å². The van der Waals surface area contributed by atoms with Gasteiger partial charge in [0.15, 0.2) is 0 Å². The number of fused-ring (bicyclic) bond motifs is 1. The first-order valence-corrected chi connectivity index (χ1v) is 12.0. The molecule has 3 rings (SSSR count). The highest BCUT2D eigenvalue weighted by Gasteiger charge is 2.29. The van der Waals surface area contributed by atoms with Crippen molar-refractivity contribution in [1.82, 2.24) is 4.72 Å². The van der Waals surface area contributed by atoms with E-state index in [9.17, 15) is 18.0 Å². The van der Waals surface area contributed by atoms with E-state index >= 15 is 0 Å². The smallest absolute Gasteiger partial charge is 0.242 e. The SMILES string of the molecule is CCc1ccc(NC(=O)C(NS(=O)(=O)c2ccc3c(c2)CCCC(=O)N3)C(C)C)cc1. The number of rotatable bonds is 7. The standard InChI is InChI=1S/C23H29N3O4S/c1-4-16-8-10-18(11-9-16)24-23(28)22(15(2)3)26-31(29,30)19-12-13-20-17(14-19)6-5-7-21(27)25-20/h8-15,22,26H,4-7H2,1-3H3,(H,24,28)(H,25,27). The molecule has 0 radical (unpaired) electrons. The van der Waals surface area contributed by atoms with Gasteiger partial charge in [0.25, 0.3) is 0 Å². The molecule has 0 saturated carbocycles. The molecule has 0 bridgehead atoms. The third kappa shape index (κ3) is 5.71. The lowest BCUT2D eigenvalue weighted by molar-refractivity contribution is -0.118. The second-order valence-electron chi connectivity index (χ2n) is 8.10. The van der Waals surface area contributed by atoms with Crippen LogP contribution in [0.1, 0.15) is 44.7 Å². The summed E-state index contributed by atoms with van der Waals surface area (Å²) in [5, 5.41) is 5.59. The summed E-state index contributed by atoms with van der Waals surface area (Å²) in [6.07, 6.45) is 2.57. The van der Waals surface area contributed by atoms with Crippen LogP contribution in [0.2, 0.25) is 0 Å². The molecule has 31 heavy (non-hydrogen) atoms. The third-order valence-electron chi connectivity index (χ3n) is 5.37. The Morgan fingerprint density at radius 2 is 1.81 bits per heavy atom. The van der Waals surface area contributed by atoms with E-state index in [0.29, 0.717) is 30.6 Å². The summed E-state index contributed by atoms with van der Waals surface area (Å²) in [6.45, 7) is 5.63. The van der Waals surface area contributed by atoms with Gasteiger partial charge in [-0.2, -0.15) is 4.72 Å². The molecule has 166 valence electrons. The van der Waals surface area contributed by atoms with Crippen molar-refractivity contribution in [2.45, 2.75) is 57.4 Å². The van der Waals surface area contributed by atoms with Crippen LogP contribution < -0.4 is 15.4 Å². The summed E-state index contributed by atoms with van der Waals surface area (Å²) < 4.78 is 28.6. The van der Waals surface area contributed by atoms with Crippen LogP contribution in [0, 0.1) is 5.92 Å². The fourth-order valence-electron chi connectivity index (χ4n) is 3.49. The number of carbonyl (C=O) groups excluding carboxylic acids is 2. The summed E-state index contributed by atoms with van der Waals surface area (Å²) in [4.78, 5) is 24.6. The number of carbonyl (C=O) groups is 2. The third-order valence-corrected chi connectivity index (χ3v) is 6.81. The normalized spacial score (nSPS) is 15.0. The monoisotopic (exact) mass is 443 g/mol. The molecule has 1 aliphatic rings. The summed E-state index contributed by atoms with van der Waals surface area (Å²) >= 11 is 0. The van der Waals surface area contributed by atoms with Crippen molar-refractivity contribution >= 4 is 33.2 Å². The fraction of sp³-hybridized carbons (Fsp3) is 0.391. The van der Waals surface area contributed by atoms with E-state index in [1.807, 2.05) is 31.2 Å². The Bertz CT molecular complexity index is 1060. The molecule has 2 aromatic rings. The topological polar surface area (TPSA) is 104 Å². The molecule has 0 spiro atoms. The van der Waals surface area contributed by atoms with Gasteiger partial charge in [0.2, 0.25) is 21.8 Å². The number of aryl methyl sites for hydroxylation is 2. The van der Waals surface area contributed by atoms with Gasteiger partial charge in [0.1, 0.15) is 6.04 Å². The molecule has 0 saturated heterocycles. The zero-order valence-corrected chi connectivity index (χ0v) is 18.9. The largest absolute Gasteiger partial charge is 0.326 e. The van der Waals surface area contributed by atoms with Gasteiger partial charge in [-0.05, 0) is 66.6 Å². The Hall–Kier alpha value is -2.71.